The number of hydrogen-bond acceptors (Lipinski definition) is 4. The Morgan fingerprint density at radius 2 is 2.15 bits per heavy atom. The Bertz CT molecular complexity index is 520. The van der Waals surface area contributed by atoms with E-state index in [1.807, 2.05) is 6.08 Å². The number of aliphatic hydroxyl groups is 1. The SMILES string of the molecule is CCCC/C(=C\C=N)C1CC(CC)=C(OCCCCC(C)CN)C=C1O. The van der Waals surface area contributed by atoms with Crippen LogP contribution in [0.3, 0.4) is 0 Å². The summed E-state index contributed by atoms with van der Waals surface area (Å²) < 4.78 is 5.99. The number of ether oxygens (including phenoxy) is 1. The zero-order chi connectivity index (χ0) is 19.4. The molecule has 2 atom stereocenters. The van der Waals surface area contributed by atoms with Gasteiger partial charge >= 0.3 is 0 Å². The second-order valence-electron chi connectivity index (χ2n) is 7.34. The van der Waals surface area contributed by atoms with Crippen LogP contribution in [-0.4, -0.2) is 24.5 Å². The molecule has 1 rings (SSSR count). The first-order valence-corrected chi connectivity index (χ1v) is 10.2. The van der Waals surface area contributed by atoms with Crippen molar-refractivity contribution in [2.24, 2.45) is 17.6 Å². The van der Waals surface area contributed by atoms with Crippen LogP contribution in [0.5, 0.6) is 0 Å². The quantitative estimate of drug-likeness (QED) is 0.292. The summed E-state index contributed by atoms with van der Waals surface area (Å²) in [5.41, 5.74) is 8.06. The van der Waals surface area contributed by atoms with E-state index in [0.717, 1.165) is 69.2 Å². The Hall–Kier alpha value is -1.55. The highest BCUT2D eigenvalue weighted by Gasteiger charge is 2.26. The number of unbranched alkanes of at least 4 members (excludes halogenated alkanes) is 2. The molecule has 2 unspecified atom stereocenters. The van der Waals surface area contributed by atoms with E-state index in [-0.39, 0.29) is 5.92 Å². The molecule has 148 valence electrons. The van der Waals surface area contributed by atoms with Crippen molar-refractivity contribution in [2.75, 3.05) is 13.2 Å². The van der Waals surface area contributed by atoms with E-state index in [9.17, 15) is 5.11 Å². The van der Waals surface area contributed by atoms with Crippen LogP contribution >= 0.6 is 0 Å². The summed E-state index contributed by atoms with van der Waals surface area (Å²) in [5.74, 6) is 1.79. The van der Waals surface area contributed by atoms with Crippen molar-refractivity contribution in [3.05, 3.63) is 34.8 Å². The topological polar surface area (TPSA) is 79.3 Å². The summed E-state index contributed by atoms with van der Waals surface area (Å²) in [7, 11) is 0. The largest absolute Gasteiger partial charge is 0.512 e. The number of rotatable bonds is 13. The van der Waals surface area contributed by atoms with E-state index >= 15 is 0 Å². The summed E-state index contributed by atoms with van der Waals surface area (Å²) in [6.07, 6.45) is 13.1. The van der Waals surface area contributed by atoms with E-state index in [1.54, 1.807) is 6.08 Å². The third-order valence-corrected chi connectivity index (χ3v) is 5.18. The van der Waals surface area contributed by atoms with Crippen LogP contribution in [0.25, 0.3) is 0 Å². The highest BCUT2D eigenvalue weighted by molar-refractivity contribution is 5.69. The van der Waals surface area contributed by atoms with Gasteiger partial charge in [0.05, 0.1) is 6.61 Å². The van der Waals surface area contributed by atoms with Crippen LogP contribution in [0, 0.1) is 17.2 Å². The number of aliphatic hydroxyl groups excluding tert-OH is 1. The molecule has 1 aliphatic rings. The minimum atomic E-state index is -0.00384. The van der Waals surface area contributed by atoms with E-state index in [4.69, 9.17) is 15.9 Å². The number of nitrogens with one attached hydrogen (secondary N) is 1. The second kappa shape index (κ2) is 12.7. The molecule has 4 heteroatoms. The predicted molar refractivity (Wildman–Crippen MR) is 111 cm³/mol. The highest BCUT2D eigenvalue weighted by atomic mass is 16.5. The molecule has 26 heavy (non-hydrogen) atoms. The first-order valence-electron chi connectivity index (χ1n) is 10.2. The lowest BCUT2D eigenvalue weighted by Crippen LogP contribution is -2.16. The molecule has 0 bridgehead atoms. The van der Waals surface area contributed by atoms with Gasteiger partial charge in [-0.05, 0) is 69.1 Å². The monoisotopic (exact) mass is 362 g/mol. The van der Waals surface area contributed by atoms with Gasteiger partial charge in [-0.2, -0.15) is 0 Å². The summed E-state index contributed by atoms with van der Waals surface area (Å²) in [6.45, 7) is 7.91. The first-order chi connectivity index (χ1) is 12.6. The van der Waals surface area contributed by atoms with Crippen molar-refractivity contribution in [2.45, 2.75) is 72.1 Å². The molecule has 0 aromatic rings. The van der Waals surface area contributed by atoms with Gasteiger partial charge in [-0.15, -0.1) is 0 Å². The molecule has 4 N–H and O–H groups in total. The van der Waals surface area contributed by atoms with Gasteiger partial charge in [0.25, 0.3) is 0 Å². The normalized spacial score (nSPS) is 19.3. The Morgan fingerprint density at radius 1 is 1.38 bits per heavy atom. The van der Waals surface area contributed by atoms with Gasteiger partial charge in [0.2, 0.25) is 0 Å². The second-order valence-corrected chi connectivity index (χ2v) is 7.34. The molecule has 0 radical (unpaired) electrons. The molecule has 0 aromatic heterocycles. The zero-order valence-electron chi connectivity index (χ0n) is 16.9. The fourth-order valence-electron chi connectivity index (χ4n) is 3.33. The Balaban J connectivity index is 2.67. The molecule has 0 fully saturated rings. The standard InChI is InChI=1S/C22H38N2O2/c1-4-6-10-19(11-12-23)20-14-18(5-2)22(15-21(20)25)26-13-8-7-9-17(3)16-24/h11-12,15,17,20,23,25H,4-10,13-14,16,24H2,1-3H3/b19-11+,23-12?. The smallest absolute Gasteiger partial charge is 0.121 e. The molecule has 0 saturated heterocycles. The average molecular weight is 363 g/mol. The maximum absolute atomic E-state index is 10.6. The van der Waals surface area contributed by atoms with Gasteiger partial charge in [-0.25, -0.2) is 0 Å². The van der Waals surface area contributed by atoms with Crippen molar-refractivity contribution < 1.29 is 9.84 Å². The van der Waals surface area contributed by atoms with Crippen LogP contribution in [-0.2, 0) is 4.74 Å². The lowest BCUT2D eigenvalue weighted by atomic mass is 9.82. The van der Waals surface area contributed by atoms with Gasteiger partial charge in [-0.1, -0.05) is 32.8 Å². The Morgan fingerprint density at radius 3 is 2.77 bits per heavy atom. The highest BCUT2D eigenvalue weighted by Crippen LogP contribution is 2.36. The molecular weight excluding hydrogens is 324 g/mol. The van der Waals surface area contributed by atoms with Crippen LogP contribution < -0.4 is 5.73 Å². The van der Waals surface area contributed by atoms with Crippen molar-refractivity contribution in [1.29, 1.82) is 5.41 Å². The minimum absolute atomic E-state index is 0.00384. The molecule has 0 aromatic carbocycles. The molecule has 0 aliphatic heterocycles. The summed E-state index contributed by atoms with van der Waals surface area (Å²) in [4.78, 5) is 0. The van der Waals surface area contributed by atoms with Crippen LogP contribution in [0.15, 0.2) is 34.8 Å². The average Bonchev–Trinajstić information content (AvgIpc) is 2.65. The first kappa shape index (κ1) is 22.5. The zero-order valence-corrected chi connectivity index (χ0v) is 16.9. The van der Waals surface area contributed by atoms with Crippen LogP contribution in [0.1, 0.15) is 72.1 Å². The van der Waals surface area contributed by atoms with Gasteiger partial charge in [0.15, 0.2) is 0 Å². The van der Waals surface area contributed by atoms with Crippen molar-refractivity contribution in [3.8, 4) is 0 Å². The maximum Gasteiger partial charge on any atom is 0.121 e. The van der Waals surface area contributed by atoms with E-state index in [2.05, 4.69) is 20.8 Å². The van der Waals surface area contributed by atoms with Crippen LogP contribution in [0.4, 0.5) is 0 Å². The molecule has 4 nitrogen and oxygen atoms in total. The van der Waals surface area contributed by atoms with Crippen molar-refractivity contribution in [1.82, 2.24) is 0 Å². The number of hydrogen-bond donors (Lipinski definition) is 3. The molecule has 1 aliphatic carbocycles. The van der Waals surface area contributed by atoms with E-state index in [1.165, 1.54) is 11.8 Å². The predicted octanol–water partition coefficient (Wildman–Crippen LogP) is 5.66. The summed E-state index contributed by atoms with van der Waals surface area (Å²) >= 11 is 0. The minimum Gasteiger partial charge on any atom is -0.512 e. The van der Waals surface area contributed by atoms with Gasteiger partial charge in [0.1, 0.15) is 11.5 Å². The number of allylic oxidation sites excluding steroid dienone is 4. The Kier molecular flexibility index (Phi) is 11.0. The van der Waals surface area contributed by atoms with Crippen LogP contribution in [0.2, 0.25) is 0 Å². The third-order valence-electron chi connectivity index (χ3n) is 5.18. The molecule has 0 saturated carbocycles. The lowest BCUT2D eigenvalue weighted by molar-refractivity contribution is 0.201. The summed E-state index contributed by atoms with van der Waals surface area (Å²) in [5, 5.41) is 18.0. The van der Waals surface area contributed by atoms with Crippen molar-refractivity contribution >= 4 is 6.21 Å². The van der Waals surface area contributed by atoms with Crippen molar-refractivity contribution in [3.63, 3.8) is 0 Å². The number of nitrogens with two attached hydrogens (primary N) is 1. The Labute approximate surface area is 159 Å². The molecule has 0 amide bonds. The van der Waals surface area contributed by atoms with Gasteiger partial charge in [0, 0.05) is 18.2 Å². The molecular formula is C22H38N2O2. The lowest BCUT2D eigenvalue weighted by Gasteiger charge is -2.27. The van der Waals surface area contributed by atoms with E-state index in [0.29, 0.717) is 18.3 Å². The van der Waals surface area contributed by atoms with Gasteiger partial charge < -0.3 is 21.0 Å². The fraction of sp³-hybridized carbons (Fsp3) is 0.682. The molecule has 0 spiro atoms. The third kappa shape index (κ3) is 7.36. The fourth-order valence-corrected chi connectivity index (χ4v) is 3.33. The maximum atomic E-state index is 10.6. The van der Waals surface area contributed by atoms with Gasteiger partial charge in [-0.3, -0.25) is 0 Å². The molecule has 0 heterocycles. The van der Waals surface area contributed by atoms with E-state index < -0.39 is 0 Å². The summed E-state index contributed by atoms with van der Waals surface area (Å²) in [6, 6.07) is 0.